The molecule has 0 aliphatic carbocycles. The molecule has 0 amide bonds. The highest BCUT2D eigenvalue weighted by Gasteiger charge is 2.52. The van der Waals surface area contributed by atoms with Gasteiger partial charge in [-0.05, 0) is 63.0 Å². The molecule has 1 aliphatic rings. The van der Waals surface area contributed by atoms with Crippen LogP contribution in [0, 0.1) is 0 Å². The average Bonchev–Trinajstić information content (AvgIpc) is 2.81. The SMILES string of the molecule is CC1(C)OB(C(=Cc2cccc(Nc3ccccc3)c2)CN)OC1(C)C. The zero-order valence-corrected chi connectivity index (χ0v) is 16.0. The third-order valence-electron chi connectivity index (χ3n) is 5.09. The smallest absolute Gasteiger partial charge is 0.400 e. The van der Waals surface area contributed by atoms with E-state index in [4.69, 9.17) is 15.0 Å². The predicted molar refractivity (Wildman–Crippen MR) is 109 cm³/mol. The van der Waals surface area contributed by atoms with Gasteiger partial charge < -0.3 is 20.4 Å². The van der Waals surface area contributed by atoms with Crippen LogP contribution in [-0.2, 0) is 9.31 Å². The molecule has 4 nitrogen and oxygen atoms in total. The topological polar surface area (TPSA) is 56.5 Å². The van der Waals surface area contributed by atoms with Crippen LogP contribution in [0.2, 0.25) is 0 Å². The summed E-state index contributed by atoms with van der Waals surface area (Å²) in [6.45, 7) is 8.57. The van der Waals surface area contributed by atoms with E-state index in [0.717, 1.165) is 22.4 Å². The molecule has 3 N–H and O–H groups in total. The van der Waals surface area contributed by atoms with Crippen LogP contribution < -0.4 is 11.1 Å². The molecule has 2 aromatic carbocycles. The molecule has 0 unspecified atom stereocenters. The number of hydrogen-bond acceptors (Lipinski definition) is 4. The van der Waals surface area contributed by atoms with Crippen molar-refractivity contribution in [2.45, 2.75) is 38.9 Å². The Balaban J connectivity index is 1.81. The summed E-state index contributed by atoms with van der Waals surface area (Å²) < 4.78 is 12.3. The summed E-state index contributed by atoms with van der Waals surface area (Å²) in [6, 6.07) is 18.3. The van der Waals surface area contributed by atoms with Gasteiger partial charge in [0.05, 0.1) is 11.2 Å². The molecule has 1 fully saturated rings. The molecule has 136 valence electrons. The first-order valence-electron chi connectivity index (χ1n) is 8.99. The number of nitrogens with two attached hydrogens (primary N) is 1. The quantitative estimate of drug-likeness (QED) is 0.785. The van der Waals surface area contributed by atoms with E-state index < -0.39 is 7.12 Å². The van der Waals surface area contributed by atoms with E-state index in [2.05, 4.69) is 23.5 Å². The van der Waals surface area contributed by atoms with Gasteiger partial charge in [0, 0.05) is 17.9 Å². The van der Waals surface area contributed by atoms with Crippen LogP contribution in [0.3, 0.4) is 0 Å². The second-order valence-corrected chi connectivity index (χ2v) is 7.63. The Hall–Kier alpha value is -2.08. The van der Waals surface area contributed by atoms with Gasteiger partial charge in [-0.2, -0.15) is 0 Å². The van der Waals surface area contributed by atoms with Crippen LogP contribution in [0.25, 0.3) is 6.08 Å². The van der Waals surface area contributed by atoms with E-state index in [-0.39, 0.29) is 11.2 Å². The first-order chi connectivity index (χ1) is 12.3. The third-order valence-corrected chi connectivity index (χ3v) is 5.09. The van der Waals surface area contributed by atoms with Crippen LogP contribution in [0.15, 0.2) is 60.1 Å². The lowest BCUT2D eigenvalue weighted by atomic mass is 9.77. The average molecular weight is 350 g/mol. The van der Waals surface area contributed by atoms with E-state index in [9.17, 15) is 0 Å². The fourth-order valence-electron chi connectivity index (χ4n) is 2.83. The van der Waals surface area contributed by atoms with E-state index in [1.54, 1.807) is 0 Å². The van der Waals surface area contributed by atoms with Crippen LogP contribution in [0.4, 0.5) is 11.4 Å². The van der Waals surface area contributed by atoms with Crippen LogP contribution >= 0.6 is 0 Å². The highest BCUT2D eigenvalue weighted by Crippen LogP contribution is 2.38. The van der Waals surface area contributed by atoms with Gasteiger partial charge in [-0.25, -0.2) is 0 Å². The molecule has 0 saturated carbocycles. The number of para-hydroxylation sites is 1. The molecule has 2 aromatic rings. The van der Waals surface area contributed by atoms with Gasteiger partial charge in [0.1, 0.15) is 0 Å². The maximum atomic E-state index is 6.13. The second kappa shape index (κ2) is 7.27. The monoisotopic (exact) mass is 350 g/mol. The summed E-state index contributed by atoms with van der Waals surface area (Å²) in [6.07, 6.45) is 2.05. The Morgan fingerprint density at radius 3 is 2.19 bits per heavy atom. The Morgan fingerprint density at radius 1 is 0.962 bits per heavy atom. The summed E-state index contributed by atoms with van der Waals surface area (Å²) in [4.78, 5) is 0. The van der Waals surface area contributed by atoms with Crippen molar-refractivity contribution in [3.05, 3.63) is 65.6 Å². The van der Waals surface area contributed by atoms with Gasteiger partial charge in [0.2, 0.25) is 0 Å². The number of hydrogen-bond donors (Lipinski definition) is 2. The first-order valence-corrected chi connectivity index (χ1v) is 8.99. The summed E-state index contributed by atoms with van der Waals surface area (Å²) in [5, 5.41) is 3.41. The Bertz CT molecular complexity index is 772. The van der Waals surface area contributed by atoms with E-state index >= 15 is 0 Å². The molecule has 1 heterocycles. The van der Waals surface area contributed by atoms with Crippen molar-refractivity contribution in [3.8, 4) is 0 Å². The minimum Gasteiger partial charge on any atom is -0.400 e. The minimum atomic E-state index is -0.421. The zero-order chi connectivity index (χ0) is 18.8. The van der Waals surface area contributed by atoms with Crippen molar-refractivity contribution < 1.29 is 9.31 Å². The van der Waals surface area contributed by atoms with E-state index in [1.165, 1.54) is 0 Å². The van der Waals surface area contributed by atoms with Crippen molar-refractivity contribution in [2.75, 3.05) is 11.9 Å². The largest absolute Gasteiger partial charge is 0.491 e. The fraction of sp³-hybridized carbons (Fsp3) is 0.333. The maximum absolute atomic E-state index is 6.13. The number of anilines is 2. The summed E-state index contributed by atoms with van der Waals surface area (Å²) in [5.74, 6) is 0. The molecule has 0 spiro atoms. The molecule has 0 aromatic heterocycles. The second-order valence-electron chi connectivity index (χ2n) is 7.63. The molecule has 1 saturated heterocycles. The summed E-state index contributed by atoms with van der Waals surface area (Å²) in [5.41, 5.74) is 9.32. The molecule has 1 aliphatic heterocycles. The van der Waals surface area contributed by atoms with Crippen LogP contribution in [0.5, 0.6) is 0 Å². The molecular formula is C21H27BN2O2. The van der Waals surface area contributed by atoms with Gasteiger partial charge in [0.15, 0.2) is 0 Å². The Labute approximate surface area is 156 Å². The van der Waals surface area contributed by atoms with Crippen molar-refractivity contribution >= 4 is 24.6 Å². The van der Waals surface area contributed by atoms with E-state index in [0.29, 0.717) is 6.54 Å². The molecule has 0 radical (unpaired) electrons. The zero-order valence-electron chi connectivity index (χ0n) is 16.0. The normalized spacial score (nSPS) is 18.8. The predicted octanol–water partition coefficient (Wildman–Crippen LogP) is 4.40. The highest BCUT2D eigenvalue weighted by atomic mass is 16.7. The lowest BCUT2D eigenvalue weighted by Crippen LogP contribution is -2.41. The summed E-state index contributed by atoms with van der Waals surface area (Å²) >= 11 is 0. The van der Waals surface area contributed by atoms with Gasteiger partial charge in [-0.15, -0.1) is 0 Å². The Morgan fingerprint density at radius 2 is 1.58 bits per heavy atom. The van der Waals surface area contributed by atoms with Gasteiger partial charge in [-0.1, -0.05) is 36.4 Å². The lowest BCUT2D eigenvalue weighted by molar-refractivity contribution is 0.00578. The van der Waals surface area contributed by atoms with Crippen molar-refractivity contribution in [1.29, 1.82) is 0 Å². The van der Waals surface area contributed by atoms with Crippen molar-refractivity contribution in [3.63, 3.8) is 0 Å². The van der Waals surface area contributed by atoms with Gasteiger partial charge >= 0.3 is 7.12 Å². The van der Waals surface area contributed by atoms with Crippen molar-refractivity contribution in [1.82, 2.24) is 0 Å². The maximum Gasteiger partial charge on any atom is 0.491 e. The number of rotatable bonds is 5. The van der Waals surface area contributed by atoms with Gasteiger partial charge in [0.25, 0.3) is 0 Å². The Kier molecular flexibility index (Phi) is 5.23. The molecule has 26 heavy (non-hydrogen) atoms. The summed E-state index contributed by atoms with van der Waals surface area (Å²) in [7, 11) is -0.421. The molecule has 5 heteroatoms. The molecule has 0 bridgehead atoms. The standard InChI is InChI=1S/C21H27BN2O2/c1-20(2)21(3,4)26-22(25-20)17(15-23)13-16-9-8-12-19(14-16)24-18-10-6-5-7-11-18/h5-14,24H,15,23H2,1-4H3. The molecule has 0 atom stereocenters. The third kappa shape index (κ3) is 4.01. The fourth-order valence-corrected chi connectivity index (χ4v) is 2.83. The van der Waals surface area contributed by atoms with Gasteiger partial charge in [-0.3, -0.25) is 0 Å². The highest BCUT2D eigenvalue weighted by molar-refractivity contribution is 6.55. The van der Waals surface area contributed by atoms with Crippen LogP contribution in [0.1, 0.15) is 33.3 Å². The van der Waals surface area contributed by atoms with E-state index in [1.807, 2.05) is 70.2 Å². The lowest BCUT2D eigenvalue weighted by Gasteiger charge is -2.32. The minimum absolute atomic E-state index is 0.372. The number of benzene rings is 2. The number of nitrogens with one attached hydrogen (secondary N) is 1. The van der Waals surface area contributed by atoms with Crippen LogP contribution in [-0.4, -0.2) is 24.9 Å². The first kappa shape index (κ1) is 18.7. The molecule has 3 rings (SSSR count). The van der Waals surface area contributed by atoms with Crippen molar-refractivity contribution in [2.24, 2.45) is 5.73 Å². The molecular weight excluding hydrogens is 323 g/mol.